The van der Waals surface area contributed by atoms with Gasteiger partial charge in [0.1, 0.15) is 10.7 Å². The Kier molecular flexibility index (Phi) is 4.24. The average molecular weight is 311 g/mol. The number of nitro groups is 1. The van der Waals surface area contributed by atoms with Gasteiger partial charge in [-0.15, -0.1) is 0 Å². The molecule has 21 heavy (non-hydrogen) atoms. The van der Waals surface area contributed by atoms with Crippen LogP contribution in [0.2, 0.25) is 0 Å². The van der Waals surface area contributed by atoms with Crippen molar-refractivity contribution < 1.29 is 17.8 Å². The third-order valence-corrected chi connectivity index (χ3v) is 4.19. The van der Waals surface area contributed by atoms with E-state index in [9.17, 15) is 18.5 Å². The summed E-state index contributed by atoms with van der Waals surface area (Å²) in [5.41, 5.74) is -0.0279. The third kappa shape index (κ3) is 3.38. The molecule has 0 unspecified atom stereocenters. The molecule has 0 amide bonds. The summed E-state index contributed by atoms with van der Waals surface area (Å²) in [5, 5.41) is 13.5. The second-order valence-corrected chi connectivity index (χ2v) is 5.83. The summed E-state index contributed by atoms with van der Waals surface area (Å²) in [6.45, 7) is -0.0405. The van der Waals surface area contributed by atoms with Crippen molar-refractivity contribution >= 4 is 21.4 Å². The van der Waals surface area contributed by atoms with Crippen molar-refractivity contribution in [2.24, 2.45) is 0 Å². The smallest absolute Gasteiger partial charge is 0.270 e. The lowest BCUT2D eigenvalue weighted by atomic mass is 10.3. The molecule has 0 spiro atoms. The molecule has 0 aliphatic rings. The SMILES string of the molecule is CNc1ccc([N+](=O)[O-])cc1S(=O)(=O)NCc1ccco1. The Labute approximate surface area is 121 Å². The molecule has 112 valence electrons. The van der Waals surface area contributed by atoms with E-state index in [0.717, 1.165) is 6.07 Å². The minimum atomic E-state index is -3.91. The van der Waals surface area contributed by atoms with E-state index in [1.54, 1.807) is 12.1 Å². The number of non-ortho nitro benzene ring substituents is 1. The predicted octanol–water partition coefficient (Wildman–Crippen LogP) is 1.71. The lowest BCUT2D eigenvalue weighted by molar-refractivity contribution is -0.385. The zero-order valence-corrected chi connectivity index (χ0v) is 11.9. The monoisotopic (exact) mass is 311 g/mol. The fourth-order valence-electron chi connectivity index (χ4n) is 1.71. The van der Waals surface area contributed by atoms with Gasteiger partial charge < -0.3 is 9.73 Å². The van der Waals surface area contributed by atoms with Crippen LogP contribution in [-0.2, 0) is 16.6 Å². The van der Waals surface area contributed by atoms with Crippen LogP contribution in [0.15, 0.2) is 45.9 Å². The fraction of sp³-hybridized carbons (Fsp3) is 0.167. The zero-order valence-electron chi connectivity index (χ0n) is 11.1. The maximum absolute atomic E-state index is 12.3. The van der Waals surface area contributed by atoms with E-state index in [1.807, 2.05) is 0 Å². The van der Waals surface area contributed by atoms with Crippen LogP contribution in [0, 0.1) is 10.1 Å². The van der Waals surface area contributed by atoms with Gasteiger partial charge in [0.25, 0.3) is 5.69 Å². The second kappa shape index (κ2) is 5.94. The second-order valence-electron chi connectivity index (χ2n) is 4.09. The number of nitrogens with zero attached hydrogens (tertiary/aromatic N) is 1. The number of hydrogen-bond donors (Lipinski definition) is 2. The molecule has 9 heteroatoms. The van der Waals surface area contributed by atoms with Gasteiger partial charge in [-0.3, -0.25) is 10.1 Å². The molecule has 1 aromatic heterocycles. The van der Waals surface area contributed by atoms with Gasteiger partial charge in [-0.2, -0.15) is 0 Å². The molecule has 2 N–H and O–H groups in total. The van der Waals surface area contributed by atoms with Crippen molar-refractivity contribution in [3.63, 3.8) is 0 Å². The van der Waals surface area contributed by atoms with Gasteiger partial charge in [0, 0.05) is 19.2 Å². The van der Waals surface area contributed by atoms with Crippen molar-refractivity contribution in [3.8, 4) is 0 Å². The molecule has 2 rings (SSSR count). The molecule has 0 saturated carbocycles. The topological polar surface area (TPSA) is 114 Å². The van der Waals surface area contributed by atoms with Gasteiger partial charge in [0.05, 0.1) is 23.4 Å². The van der Waals surface area contributed by atoms with E-state index in [0.29, 0.717) is 5.76 Å². The van der Waals surface area contributed by atoms with Crippen LogP contribution < -0.4 is 10.0 Å². The van der Waals surface area contributed by atoms with E-state index >= 15 is 0 Å². The summed E-state index contributed by atoms with van der Waals surface area (Å²) < 4.78 is 31.9. The van der Waals surface area contributed by atoms with E-state index in [1.165, 1.54) is 25.4 Å². The number of furan rings is 1. The number of benzene rings is 1. The van der Waals surface area contributed by atoms with Crippen LogP contribution >= 0.6 is 0 Å². The Morgan fingerprint density at radius 3 is 2.67 bits per heavy atom. The van der Waals surface area contributed by atoms with Crippen molar-refractivity contribution in [2.75, 3.05) is 12.4 Å². The number of nitrogens with one attached hydrogen (secondary N) is 2. The summed E-state index contributed by atoms with van der Waals surface area (Å²) in [6.07, 6.45) is 1.43. The molecule has 0 fully saturated rings. The van der Waals surface area contributed by atoms with Crippen LogP contribution in [-0.4, -0.2) is 20.4 Å². The molecule has 2 aromatic rings. The summed E-state index contributed by atoms with van der Waals surface area (Å²) in [6, 6.07) is 6.85. The van der Waals surface area contributed by atoms with Gasteiger partial charge >= 0.3 is 0 Å². The van der Waals surface area contributed by atoms with Crippen LogP contribution in [0.3, 0.4) is 0 Å². The first-order valence-corrected chi connectivity index (χ1v) is 7.40. The Hall–Kier alpha value is -2.39. The van der Waals surface area contributed by atoms with E-state index in [4.69, 9.17) is 4.42 Å². The molecule has 0 radical (unpaired) electrons. The van der Waals surface area contributed by atoms with Gasteiger partial charge in [-0.1, -0.05) is 0 Å². The highest BCUT2D eigenvalue weighted by molar-refractivity contribution is 7.89. The maximum Gasteiger partial charge on any atom is 0.270 e. The predicted molar refractivity (Wildman–Crippen MR) is 75.4 cm³/mol. The Morgan fingerprint density at radius 2 is 2.10 bits per heavy atom. The average Bonchev–Trinajstić information content (AvgIpc) is 2.98. The third-order valence-electron chi connectivity index (χ3n) is 2.75. The van der Waals surface area contributed by atoms with Crippen molar-refractivity contribution in [1.82, 2.24) is 4.72 Å². The molecular weight excluding hydrogens is 298 g/mol. The van der Waals surface area contributed by atoms with Crippen molar-refractivity contribution in [3.05, 3.63) is 52.5 Å². The number of nitro benzene ring substituents is 1. The van der Waals surface area contributed by atoms with Crippen LogP contribution in [0.4, 0.5) is 11.4 Å². The lowest BCUT2D eigenvalue weighted by Gasteiger charge is -2.10. The molecule has 8 nitrogen and oxygen atoms in total. The first-order valence-electron chi connectivity index (χ1n) is 5.92. The molecule has 0 aliphatic heterocycles. The van der Waals surface area contributed by atoms with Gasteiger partial charge in [-0.25, -0.2) is 13.1 Å². The first-order chi connectivity index (χ1) is 9.94. The zero-order chi connectivity index (χ0) is 15.5. The van der Waals surface area contributed by atoms with Crippen molar-refractivity contribution in [2.45, 2.75) is 11.4 Å². The number of rotatable bonds is 6. The summed E-state index contributed by atoms with van der Waals surface area (Å²) in [4.78, 5) is 9.94. The van der Waals surface area contributed by atoms with E-state index in [2.05, 4.69) is 10.0 Å². The largest absolute Gasteiger partial charge is 0.468 e. The highest BCUT2D eigenvalue weighted by Crippen LogP contribution is 2.26. The highest BCUT2D eigenvalue weighted by Gasteiger charge is 2.22. The Bertz CT molecular complexity index is 740. The van der Waals surface area contributed by atoms with Crippen LogP contribution in [0.1, 0.15) is 5.76 Å². The van der Waals surface area contributed by atoms with Crippen LogP contribution in [0.5, 0.6) is 0 Å². The normalized spacial score (nSPS) is 11.3. The number of anilines is 1. The lowest BCUT2D eigenvalue weighted by Crippen LogP contribution is -2.24. The maximum atomic E-state index is 12.3. The van der Waals surface area contributed by atoms with Crippen molar-refractivity contribution in [1.29, 1.82) is 0 Å². The summed E-state index contributed by atoms with van der Waals surface area (Å²) in [5.74, 6) is 0.440. The Morgan fingerprint density at radius 1 is 1.33 bits per heavy atom. The first kappa shape index (κ1) is 15.0. The molecule has 0 atom stereocenters. The standard InChI is InChI=1S/C12H13N3O5S/c1-13-11-5-4-9(15(16)17)7-12(11)21(18,19)14-8-10-3-2-6-20-10/h2-7,13-14H,8H2,1H3. The van der Waals surface area contributed by atoms with Gasteiger partial charge in [-0.05, 0) is 18.2 Å². The quantitative estimate of drug-likeness (QED) is 0.620. The molecule has 0 saturated heterocycles. The summed E-state index contributed by atoms with van der Waals surface area (Å²) >= 11 is 0. The fourth-order valence-corrected chi connectivity index (χ4v) is 2.93. The van der Waals surface area contributed by atoms with E-state index < -0.39 is 14.9 Å². The molecule has 0 bridgehead atoms. The molecule has 0 aliphatic carbocycles. The molecule has 1 heterocycles. The highest BCUT2D eigenvalue weighted by atomic mass is 32.2. The minimum Gasteiger partial charge on any atom is -0.468 e. The molecular formula is C12H13N3O5S. The minimum absolute atomic E-state index is 0.0405. The number of sulfonamides is 1. The molecule has 1 aromatic carbocycles. The Balaban J connectivity index is 2.33. The van der Waals surface area contributed by atoms with Crippen LogP contribution in [0.25, 0.3) is 0 Å². The summed E-state index contributed by atoms with van der Waals surface area (Å²) in [7, 11) is -2.38. The number of hydrogen-bond acceptors (Lipinski definition) is 6. The van der Waals surface area contributed by atoms with E-state index in [-0.39, 0.29) is 22.8 Å². The van der Waals surface area contributed by atoms with Gasteiger partial charge in [0.2, 0.25) is 10.0 Å². The van der Waals surface area contributed by atoms with Gasteiger partial charge in [0.15, 0.2) is 0 Å².